The Morgan fingerprint density at radius 3 is 3.18 bits per heavy atom. The fourth-order valence-electron chi connectivity index (χ4n) is 3.50. The largest absolute Gasteiger partial charge is 0.493 e. The van der Waals surface area contributed by atoms with Gasteiger partial charge in [-0.2, -0.15) is 11.3 Å². The van der Waals surface area contributed by atoms with Crippen molar-refractivity contribution in [3.8, 4) is 5.75 Å². The first-order valence-electron chi connectivity index (χ1n) is 7.87. The number of carbonyl (C=O) groups is 1. The van der Waals surface area contributed by atoms with Crippen LogP contribution in [0, 0.1) is 0 Å². The topological polar surface area (TPSA) is 29.5 Å². The molecule has 0 N–H and O–H groups in total. The third-order valence-electron chi connectivity index (χ3n) is 4.61. The number of hydrogen-bond acceptors (Lipinski definition) is 3. The maximum atomic E-state index is 12.7. The molecule has 0 saturated carbocycles. The lowest BCUT2D eigenvalue weighted by molar-refractivity contribution is -0.131. The summed E-state index contributed by atoms with van der Waals surface area (Å²) < 4.78 is 5.53. The summed E-state index contributed by atoms with van der Waals surface area (Å²) in [5.41, 5.74) is 3.63. The molecule has 1 saturated heterocycles. The lowest BCUT2D eigenvalue weighted by Gasteiger charge is -2.24. The number of carbonyl (C=O) groups excluding carboxylic acids is 1. The zero-order chi connectivity index (χ0) is 14.9. The van der Waals surface area contributed by atoms with Crippen LogP contribution in [-0.4, -0.2) is 24.0 Å². The summed E-state index contributed by atoms with van der Waals surface area (Å²) in [4.78, 5) is 14.8. The van der Waals surface area contributed by atoms with Gasteiger partial charge in [-0.1, -0.05) is 12.1 Å². The van der Waals surface area contributed by atoms with Gasteiger partial charge in [-0.3, -0.25) is 4.79 Å². The van der Waals surface area contributed by atoms with E-state index in [1.807, 2.05) is 12.1 Å². The average Bonchev–Trinajstić information content (AvgIpc) is 3.26. The van der Waals surface area contributed by atoms with Crippen molar-refractivity contribution in [2.45, 2.75) is 31.7 Å². The molecule has 0 spiro atoms. The minimum atomic E-state index is 0.243. The number of nitrogens with zero attached hydrogens (tertiary/aromatic N) is 1. The number of hydrogen-bond donors (Lipinski definition) is 0. The van der Waals surface area contributed by atoms with E-state index in [2.05, 4.69) is 27.8 Å². The Bertz CT molecular complexity index is 680. The maximum Gasteiger partial charge on any atom is 0.227 e. The minimum Gasteiger partial charge on any atom is -0.493 e. The normalized spacial score (nSPS) is 20.0. The van der Waals surface area contributed by atoms with Gasteiger partial charge in [0.15, 0.2) is 0 Å². The Morgan fingerprint density at radius 2 is 2.32 bits per heavy atom. The second kappa shape index (κ2) is 5.76. The number of amides is 1. The summed E-state index contributed by atoms with van der Waals surface area (Å²) in [6.45, 7) is 1.65. The highest BCUT2D eigenvalue weighted by Crippen LogP contribution is 2.34. The van der Waals surface area contributed by atoms with Gasteiger partial charge in [0.05, 0.1) is 19.1 Å². The third kappa shape index (κ3) is 2.52. The Hall–Kier alpha value is -1.81. The molecule has 0 unspecified atom stereocenters. The monoisotopic (exact) mass is 313 g/mol. The molecule has 0 aliphatic carbocycles. The number of likely N-dealkylation sites (tertiary alicyclic amines) is 1. The summed E-state index contributed by atoms with van der Waals surface area (Å²) >= 11 is 1.71. The molecule has 114 valence electrons. The van der Waals surface area contributed by atoms with Crippen LogP contribution in [0.25, 0.3) is 0 Å². The van der Waals surface area contributed by atoms with Crippen molar-refractivity contribution < 1.29 is 9.53 Å². The van der Waals surface area contributed by atoms with E-state index in [4.69, 9.17) is 4.74 Å². The van der Waals surface area contributed by atoms with E-state index >= 15 is 0 Å². The van der Waals surface area contributed by atoms with Gasteiger partial charge in [-0.25, -0.2) is 0 Å². The maximum absolute atomic E-state index is 12.7. The molecule has 2 aliphatic rings. The van der Waals surface area contributed by atoms with Crippen molar-refractivity contribution in [3.05, 3.63) is 51.7 Å². The molecule has 0 radical (unpaired) electrons. The standard InChI is InChI=1S/C18H19NO2S/c20-18(11-13-3-4-17-14(10-13)5-8-21-17)19-7-1-2-16(19)15-6-9-22-12-15/h3-4,6,9-10,12,16H,1-2,5,7-8,11H2/t16-/m1/s1. The molecule has 22 heavy (non-hydrogen) atoms. The summed E-state index contributed by atoms with van der Waals surface area (Å²) in [6.07, 6.45) is 3.64. The van der Waals surface area contributed by atoms with Crippen LogP contribution in [0.4, 0.5) is 0 Å². The van der Waals surface area contributed by atoms with E-state index in [9.17, 15) is 4.79 Å². The molecule has 2 aliphatic heterocycles. The molecule has 3 heterocycles. The van der Waals surface area contributed by atoms with E-state index in [0.29, 0.717) is 6.42 Å². The molecular formula is C18H19NO2S. The van der Waals surface area contributed by atoms with Crippen molar-refractivity contribution >= 4 is 17.2 Å². The molecule has 4 heteroatoms. The Kier molecular flexibility index (Phi) is 3.62. The van der Waals surface area contributed by atoms with Gasteiger partial charge in [0.2, 0.25) is 5.91 Å². The predicted octanol–water partition coefficient (Wildman–Crippen LogP) is 3.59. The summed E-state index contributed by atoms with van der Waals surface area (Å²) in [7, 11) is 0. The minimum absolute atomic E-state index is 0.243. The molecule has 0 bridgehead atoms. The first-order chi connectivity index (χ1) is 10.8. The average molecular weight is 313 g/mol. The fourth-order valence-corrected chi connectivity index (χ4v) is 4.21. The van der Waals surface area contributed by atoms with Gasteiger partial charge in [0.25, 0.3) is 0 Å². The third-order valence-corrected chi connectivity index (χ3v) is 5.31. The van der Waals surface area contributed by atoms with Crippen molar-refractivity contribution in [2.75, 3.05) is 13.2 Å². The van der Waals surface area contributed by atoms with Crippen molar-refractivity contribution in [1.82, 2.24) is 4.90 Å². The molecular weight excluding hydrogens is 294 g/mol. The quantitative estimate of drug-likeness (QED) is 0.866. The zero-order valence-corrected chi connectivity index (χ0v) is 13.3. The summed E-state index contributed by atoms with van der Waals surface area (Å²) in [6, 6.07) is 8.59. The Labute approximate surface area is 134 Å². The number of rotatable bonds is 3. The van der Waals surface area contributed by atoms with Crippen LogP contribution < -0.4 is 4.74 Å². The number of thiophene rings is 1. The second-order valence-electron chi connectivity index (χ2n) is 6.02. The molecule has 1 fully saturated rings. The van der Waals surface area contributed by atoms with Gasteiger partial charge in [0.1, 0.15) is 5.75 Å². The molecule has 1 amide bonds. The Morgan fingerprint density at radius 1 is 1.36 bits per heavy atom. The lowest BCUT2D eigenvalue weighted by Crippen LogP contribution is -2.31. The highest BCUT2D eigenvalue weighted by Gasteiger charge is 2.30. The van der Waals surface area contributed by atoms with Gasteiger partial charge in [0, 0.05) is 13.0 Å². The summed E-state index contributed by atoms with van der Waals surface area (Å²) in [5, 5.41) is 4.26. The van der Waals surface area contributed by atoms with Gasteiger partial charge in [-0.15, -0.1) is 0 Å². The Balaban J connectivity index is 1.49. The lowest BCUT2D eigenvalue weighted by atomic mass is 10.0. The molecule has 1 aromatic carbocycles. The van der Waals surface area contributed by atoms with E-state index in [-0.39, 0.29) is 11.9 Å². The number of benzene rings is 1. The van der Waals surface area contributed by atoms with Crippen molar-refractivity contribution in [3.63, 3.8) is 0 Å². The van der Waals surface area contributed by atoms with Crippen molar-refractivity contribution in [1.29, 1.82) is 0 Å². The van der Waals surface area contributed by atoms with E-state index < -0.39 is 0 Å². The molecule has 2 aromatic rings. The summed E-state index contributed by atoms with van der Waals surface area (Å²) in [5.74, 6) is 1.22. The molecule has 3 nitrogen and oxygen atoms in total. The predicted molar refractivity (Wildman–Crippen MR) is 87.4 cm³/mol. The first-order valence-corrected chi connectivity index (χ1v) is 8.82. The SMILES string of the molecule is O=C(Cc1ccc2c(c1)CCO2)N1CCC[C@@H]1c1ccsc1. The number of ether oxygens (including phenoxy) is 1. The zero-order valence-electron chi connectivity index (χ0n) is 12.5. The molecule has 1 aromatic heterocycles. The van der Waals surface area contributed by atoms with Crippen LogP contribution in [0.1, 0.15) is 35.6 Å². The highest BCUT2D eigenvalue weighted by molar-refractivity contribution is 7.07. The van der Waals surface area contributed by atoms with E-state index in [1.165, 1.54) is 11.1 Å². The second-order valence-corrected chi connectivity index (χ2v) is 6.80. The van der Waals surface area contributed by atoms with Gasteiger partial charge < -0.3 is 9.64 Å². The van der Waals surface area contributed by atoms with Crippen LogP contribution in [-0.2, 0) is 17.6 Å². The van der Waals surface area contributed by atoms with Crippen LogP contribution in [0.3, 0.4) is 0 Å². The van der Waals surface area contributed by atoms with Crippen LogP contribution in [0.5, 0.6) is 5.75 Å². The van der Waals surface area contributed by atoms with E-state index in [1.54, 1.807) is 11.3 Å². The van der Waals surface area contributed by atoms with Crippen LogP contribution in [0.2, 0.25) is 0 Å². The fraction of sp³-hybridized carbons (Fsp3) is 0.389. The first kappa shape index (κ1) is 13.8. The van der Waals surface area contributed by atoms with Crippen molar-refractivity contribution in [2.24, 2.45) is 0 Å². The van der Waals surface area contributed by atoms with E-state index in [0.717, 1.165) is 43.7 Å². The van der Waals surface area contributed by atoms with Crippen LogP contribution >= 0.6 is 11.3 Å². The smallest absolute Gasteiger partial charge is 0.227 e. The van der Waals surface area contributed by atoms with Gasteiger partial charge >= 0.3 is 0 Å². The highest BCUT2D eigenvalue weighted by atomic mass is 32.1. The van der Waals surface area contributed by atoms with Gasteiger partial charge in [-0.05, 0) is 52.4 Å². The molecule has 4 rings (SSSR count). The molecule has 1 atom stereocenters. The number of fused-ring (bicyclic) bond motifs is 1. The van der Waals surface area contributed by atoms with Crippen LogP contribution in [0.15, 0.2) is 35.0 Å².